The van der Waals surface area contributed by atoms with Crippen LogP contribution in [0.15, 0.2) is 48.5 Å². The summed E-state index contributed by atoms with van der Waals surface area (Å²) in [6, 6.07) is 16.4. The van der Waals surface area contributed by atoms with Crippen LogP contribution in [0.1, 0.15) is 24.0 Å². The van der Waals surface area contributed by atoms with Crippen LogP contribution >= 0.6 is 0 Å². The Labute approximate surface area is 204 Å². The lowest BCUT2D eigenvalue weighted by Crippen LogP contribution is -2.58. The molecule has 2 aromatic rings. The van der Waals surface area contributed by atoms with Gasteiger partial charge in [-0.1, -0.05) is 36.4 Å². The van der Waals surface area contributed by atoms with Crippen LogP contribution < -0.4 is 10.2 Å². The summed E-state index contributed by atoms with van der Waals surface area (Å²) >= 11 is 0. The van der Waals surface area contributed by atoms with E-state index in [9.17, 15) is 19.2 Å². The summed E-state index contributed by atoms with van der Waals surface area (Å²) in [6.45, 7) is 4.75. The Balaban J connectivity index is 1.21. The Bertz CT molecular complexity index is 1140. The van der Waals surface area contributed by atoms with Crippen LogP contribution in [0.2, 0.25) is 0 Å². The van der Waals surface area contributed by atoms with E-state index in [-0.39, 0.29) is 24.2 Å². The van der Waals surface area contributed by atoms with E-state index in [0.29, 0.717) is 44.8 Å². The fourth-order valence-electron chi connectivity index (χ4n) is 5.42. The molecule has 35 heavy (non-hydrogen) atoms. The number of urea groups is 1. The van der Waals surface area contributed by atoms with Gasteiger partial charge in [-0.15, -0.1) is 0 Å². The molecule has 3 saturated heterocycles. The van der Waals surface area contributed by atoms with Crippen LogP contribution in [0, 0.1) is 17.1 Å². The molecule has 3 amide bonds. The summed E-state index contributed by atoms with van der Waals surface area (Å²) < 4.78 is 14.0. The molecular weight excluding hydrogens is 447 g/mol. The van der Waals surface area contributed by atoms with Gasteiger partial charge in [-0.3, -0.25) is 14.6 Å². The van der Waals surface area contributed by atoms with Crippen LogP contribution in [0.3, 0.4) is 0 Å². The summed E-state index contributed by atoms with van der Waals surface area (Å²) in [5.41, 5.74) is 0.958. The first-order valence-electron chi connectivity index (χ1n) is 12.1. The summed E-state index contributed by atoms with van der Waals surface area (Å²) in [6.07, 6.45) is 1.49. The summed E-state index contributed by atoms with van der Waals surface area (Å²) in [5.74, 6) is -0.676. The number of halogens is 1. The molecule has 3 aliphatic rings. The van der Waals surface area contributed by atoms with Gasteiger partial charge in [-0.05, 0) is 37.1 Å². The van der Waals surface area contributed by atoms with Gasteiger partial charge >= 0.3 is 6.03 Å². The number of piperidine rings is 1. The Morgan fingerprint density at radius 1 is 0.971 bits per heavy atom. The highest BCUT2D eigenvalue weighted by molar-refractivity contribution is 6.07. The number of hydrogen-bond donors (Lipinski definition) is 1. The van der Waals surface area contributed by atoms with Gasteiger partial charge < -0.3 is 10.2 Å². The Kier molecular flexibility index (Phi) is 6.41. The lowest BCUT2D eigenvalue weighted by atomic mass is 9.88. The monoisotopic (exact) mass is 476 g/mol. The molecular formula is C26H29FN6O2. The average Bonchev–Trinajstić information content (AvgIpc) is 3.08. The highest BCUT2D eigenvalue weighted by Gasteiger charge is 2.53. The number of amides is 3. The minimum atomic E-state index is -0.866. The molecule has 1 unspecified atom stereocenters. The van der Waals surface area contributed by atoms with Crippen molar-refractivity contribution >= 4 is 17.6 Å². The van der Waals surface area contributed by atoms with Crippen LogP contribution in [-0.4, -0.2) is 78.1 Å². The molecule has 0 radical (unpaired) electrons. The molecule has 9 heteroatoms. The van der Waals surface area contributed by atoms with Gasteiger partial charge in [0.05, 0.1) is 12.4 Å². The van der Waals surface area contributed by atoms with Gasteiger partial charge in [-0.25, -0.2) is 14.1 Å². The van der Waals surface area contributed by atoms with E-state index < -0.39 is 11.4 Å². The van der Waals surface area contributed by atoms with E-state index in [1.54, 1.807) is 12.1 Å². The van der Waals surface area contributed by atoms with Crippen molar-refractivity contribution in [2.75, 3.05) is 50.8 Å². The predicted molar refractivity (Wildman–Crippen MR) is 129 cm³/mol. The molecule has 3 fully saturated rings. The third-order valence-corrected chi connectivity index (χ3v) is 7.22. The largest absolute Gasteiger partial charge is 0.368 e. The minimum absolute atomic E-state index is 0.0503. The highest BCUT2D eigenvalue weighted by Crippen LogP contribution is 2.30. The number of nitriles is 1. The van der Waals surface area contributed by atoms with Crippen LogP contribution in [0.25, 0.3) is 0 Å². The number of benzene rings is 2. The van der Waals surface area contributed by atoms with E-state index in [1.165, 1.54) is 16.5 Å². The van der Waals surface area contributed by atoms with Crippen molar-refractivity contribution in [3.05, 3.63) is 65.5 Å². The van der Waals surface area contributed by atoms with E-state index in [0.717, 1.165) is 19.5 Å². The van der Waals surface area contributed by atoms with Gasteiger partial charge in [0, 0.05) is 39.3 Å². The molecule has 0 aliphatic carbocycles. The van der Waals surface area contributed by atoms with Crippen molar-refractivity contribution in [2.24, 2.45) is 0 Å². The molecule has 0 bridgehead atoms. The molecule has 1 N–H and O–H groups in total. The van der Waals surface area contributed by atoms with E-state index >= 15 is 0 Å². The second kappa shape index (κ2) is 9.64. The van der Waals surface area contributed by atoms with Gasteiger partial charge in [0.2, 0.25) is 0 Å². The molecule has 0 aromatic heterocycles. The van der Waals surface area contributed by atoms with Crippen molar-refractivity contribution in [2.45, 2.75) is 24.9 Å². The lowest BCUT2D eigenvalue weighted by Gasteiger charge is -2.39. The Morgan fingerprint density at radius 3 is 2.49 bits per heavy atom. The van der Waals surface area contributed by atoms with Crippen molar-refractivity contribution < 1.29 is 14.0 Å². The van der Waals surface area contributed by atoms with Crippen molar-refractivity contribution in [3.63, 3.8) is 0 Å². The zero-order valence-electron chi connectivity index (χ0n) is 19.6. The number of carbonyl (C=O) groups excluding carboxylic acids is 2. The standard InChI is InChI=1S/C26H29FN6O2/c27-22-8-4-9-23(21(22)16-28)32-14-12-30(13-15-32)19-33-24(34)26(29-25(33)35)10-5-11-31(18-26)17-20-6-2-1-3-7-20/h1-4,6-9H,5,10-15,17-19H2,(H,29,35). The number of nitrogens with one attached hydrogen (secondary N) is 1. The molecule has 3 aliphatic heterocycles. The molecule has 0 saturated carbocycles. The zero-order chi connectivity index (χ0) is 24.4. The first-order valence-corrected chi connectivity index (χ1v) is 12.1. The maximum atomic E-state index is 14.0. The third kappa shape index (κ3) is 4.59. The van der Waals surface area contributed by atoms with Gasteiger partial charge in [0.1, 0.15) is 23.0 Å². The van der Waals surface area contributed by atoms with Crippen molar-refractivity contribution in [1.82, 2.24) is 20.0 Å². The van der Waals surface area contributed by atoms with Crippen molar-refractivity contribution in [3.8, 4) is 6.07 Å². The molecule has 182 valence electrons. The van der Waals surface area contributed by atoms with Gasteiger partial charge in [-0.2, -0.15) is 5.26 Å². The average molecular weight is 477 g/mol. The normalized spacial score (nSPS) is 23.5. The summed E-state index contributed by atoms with van der Waals surface area (Å²) in [4.78, 5) is 34.0. The molecule has 1 spiro atoms. The van der Waals surface area contributed by atoms with Crippen LogP contribution in [0.5, 0.6) is 0 Å². The fourth-order valence-corrected chi connectivity index (χ4v) is 5.42. The number of likely N-dealkylation sites (tertiary alicyclic amines) is 1. The number of anilines is 1. The maximum absolute atomic E-state index is 14.0. The molecule has 2 aromatic carbocycles. The number of piperazine rings is 1. The third-order valence-electron chi connectivity index (χ3n) is 7.22. The predicted octanol–water partition coefficient (Wildman–Crippen LogP) is 2.36. The highest BCUT2D eigenvalue weighted by atomic mass is 19.1. The number of imide groups is 1. The molecule has 8 nitrogen and oxygen atoms in total. The molecule has 5 rings (SSSR count). The molecule has 3 heterocycles. The Morgan fingerprint density at radius 2 is 1.74 bits per heavy atom. The van der Waals surface area contributed by atoms with E-state index in [2.05, 4.69) is 27.2 Å². The summed E-state index contributed by atoms with van der Waals surface area (Å²) in [5, 5.41) is 12.3. The lowest BCUT2D eigenvalue weighted by molar-refractivity contribution is -0.134. The number of nitrogens with zero attached hydrogens (tertiary/aromatic N) is 5. The number of rotatable bonds is 5. The number of carbonyl (C=O) groups is 2. The first kappa shape index (κ1) is 23.3. The fraction of sp³-hybridized carbons (Fsp3) is 0.423. The van der Waals surface area contributed by atoms with E-state index in [1.807, 2.05) is 29.2 Å². The quantitative estimate of drug-likeness (QED) is 0.668. The van der Waals surface area contributed by atoms with Gasteiger partial charge in [0.15, 0.2) is 0 Å². The second-order valence-corrected chi connectivity index (χ2v) is 9.54. The topological polar surface area (TPSA) is 82.9 Å². The number of hydrogen-bond acceptors (Lipinski definition) is 6. The zero-order valence-corrected chi connectivity index (χ0v) is 19.6. The second-order valence-electron chi connectivity index (χ2n) is 9.54. The Hall–Kier alpha value is -3.48. The van der Waals surface area contributed by atoms with E-state index in [4.69, 9.17) is 0 Å². The van der Waals surface area contributed by atoms with Crippen molar-refractivity contribution in [1.29, 1.82) is 5.26 Å². The smallest absolute Gasteiger partial charge is 0.326 e. The first-order chi connectivity index (χ1) is 17.0. The maximum Gasteiger partial charge on any atom is 0.326 e. The van der Waals surface area contributed by atoms with Crippen LogP contribution in [0.4, 0.5) is 14.9 Å². The van der Waals surface area contributed by atoms with Gasteiger partial charge in [0.25, 0.3) is 5.91 Å². The minimum Gasteiger partial charge on any atom is -0.368 e. The summed E-state index contributed by atoms with van der Waals surface area (Å²) in [7, 11) is 0. The molecule has 1 atom stereocenters. The SMILES string of the molecule is N#Cc1c(F)cccc1N1CCN(CN2C(=O)NC3(CCCN(Cc4ccccc4)C3)C2=O)CC1. The van der Waals surface area contributed by atoms with Crippen LogP contribution in [-0.2, 0) is 11.3 Å².